The van der Waals surface area contributed by atoms with Gasteiger partial charge in [0.25, 0.3) is 0 Å². The number of carboxylic acid groups (broad SMARTS) is 1. The van der Waals surface area contributed by atoms with Crippen molar-refractivity contribution in [2.75, 3.05) is 0 Å². The van der Waals surface area contributed by atoms with E-state index in [1.165, 1.54) is 25.2 Å². The Morgan fingerprint density at radius 1 is 1.50 bits per heavy atom. The number of amides is 1. The first-order chi connectivity index (χ1) is 9.38. The number of hydrogen-bond donors (Lipinski definition) is 2. The zero-order valence-electron chi connectivity index (χ0n) is 11.0. The summed E-state index contributed by atoms with van der Waals surface area (Å²) >= 11 is 1.41. The van der Waals surface area contributed by atoms with E-state index in [1.807, 2.05) is 0 Å². The first-order valence-electron chi connectivity index (χ1n) is 5.90. The van der Waals surface area contributed by atoms with Crippen LogP contribution in [0.2, 0.25) is 0 Å². The zero-order valence-corrected chi connectivity index (χ0v) is 11.9. The van der Waals surface area contributed by atoms with Crippen LogP contribution >= 0.6 is 11.3 Å². The minimum absolute atomic E-state index is 0.0467. The molecule has 0 spiro atoms. The summed E-state index contributed by atoms with van der Waals surface area (Å²) in [5, 5.41) is 13.9. The maximum atomic E-state index is 11.8. The molecule has 20 heavy (non-hydrogen) atoms. The molecule has 0 saturated carbocycles. The third-order valence-electron chi connectivity index (χ3n) is 2.65. The smallest absolute Gasteiger partial charge is 0.328 e. The summed E-state index contributed by atoms with van der Waals surface area (Å²) < 4.78 is 4.97. The van der Waals surface area contributed by atoms with E-state index in [9.17, 15) is 9.59 Å². The first-order valence-corrected chi connectivity index (χ1v) is 6.78. The summed E-state index contributed by atoms with van der Waals surface area (Å²) in [6.07, 6.45) is 3.18. The molecular formula is C13H14N2O4S. The lowest BCUT2D eigenvalue weighted by Crippen LogP contribution is -2.50. The molecule has 1 amide bonds. The minimum Gasteiger partial charge on any atom is -0.480 e. The summed E-state index contributed by atoms with van der Waals surface area (Å²) in [5.41, 5.74) is 0.165. The maximum Gasteiger partial charge on any atom is 0.328 e. The van der Waals surface area contributed by atoms with Crippen LogP contribution in [0.15, 0.2) is 28.4 Å². The zero-order chi connectivity index (χ0) is 14.8. The van der Waals surface area contributed by atoms with Crippen LogP contribution in [0.4, 0.5) is 0 Å². The van der Waals surface area contributed by atoms with Crippen LogP contribution in [0.5, 0.6) is 0 Å². The van der Waals surface area contributed by atoms with Crippen LogP contribution < -0.4 is 5.32 Å². The fraction of sp³-hybridized carbons (Fsp3) is 0.308. The fourth-order valence-corrected chi connectivity index (χ4v) is 2.32. The number of hydrogen-bond acceptors (Lipinski definition) is 5. The quantitative estimate of drug-likeness (QED) is 0.879. The van der Waals surface area contributed by atoms with Crippen molar-refractivity contribution < 1.29 is 19.1 Å². The molecule has 0 radical (unpaired) electrons. The van der Waals surface area contributed by atoms with Crippen LogP contribution in [-0.4, -0.2) is 27.5 Å². The molecule has 0 saturated heterocycles. The van der Waals surface area contributed by atoms with Gasteiger partial charge in [-0.2, -0.15) is 0 Å². The topological polar surface area (TPSA) is 92.4 Å². The lowest BCUT2D eigenvalue weighted by Gasteiger charge is -2.20. The van der Waals surface area contributed by atoms with Crippen molar-refractivity contribution in [2.45, 2.75) is 25.8 Å². The molecule has 2 N–H and O–H groups in total. The van der Waals surface area contributed by atoms with E-state index >= 15 is 0 Å². The van der Waals surface area contributed by atoms with Crippen molar-refractivity contribution in [2.24, 2.45) is 0 Å². The van der Waals surface area contributed by atoms with Crippen LogP contribution in [0.1, 0.15) is 19.5 Å². The number of rotatable bonds is 5. The van der Waals surface area contributed by atoms with Gasteiger partial charge in [0.1, 0.15) is 16.8 Å². The van der Waals surface area contributed by atoms with Gasteiger partial charge in [-0.05, 0) is 19.9 Å². The number of carboxylic acids is 1. The van der Waals surface area contributed by atoms with Crippen molar-refractivity contribution in [3.05, 3.63) is 29.7 Å². The van der Waals surface area contributed by atoms with Crippen molar-refractivity contribution in [3.63, 3.8) is 0 Å². The van der Waals surface area contributed by atoms with Gasteiger partial charge < -0.3 is 14.8 Å². The second-order valence-electron chi connectivity index (χ2n) is 4.81. The van der Waals surface area contributed by atoms with Crippen LogP contribution in [0.25, 0.3) is 10.6 Å². The molecule has 7 heteroatoms. The second-order valence-corrected chi connectivity index (χ2v) is 5.67. The van der Waals surface area contributed by atoms with Crippen LogP contribution in [-0.2, 0) is 16.0 Å². The van der Waals surface area contributed by atoms with E-state index in [2.05, 4.69) is 10.3 Å². The largest absolute Gasteiger partial charge is 0.480 e. The van der Waals surface area contributed by atoms with Gasteiger partial charge in [0.2, 0.25) is 5.91 Å². The average molecular weight is 294 g/mol. The molecule has 6 nitrogen and oxygen atoms in total. The summed E-state index contributed by atoms with van der Waals surface area (Å²) in [6, 6.07) is 1.79. The Labute approximate surface area is 119 Å². The number of aliphatic carboxylic acids is 1. The molecule has 2 heterocycles. The van der Waals surface area contributed by atoms with Crippen molar-refractivity contribution in [1.29, 1.82) is 0 Å². The highest BCUT2D eigenvalue weighted by Crippen LogP contribution is 2.24. The molecule has 0 fully saturated rings. The lowest BCUT2D eigenvalue weighted by atomic mass is 10.1. The van der Waals surface area contributed by atoms with E-state index in [-0.39, 0.29) is 12.3 Å². The Bertz CT molecular complexity index is 616. The minimum atomic E-state index is -1.29. The molecule has 0 bridgehead atoms. The predicted octanol–water partition coefficient (Wildman–Crippen LogP) is 1.92. The maximum absolute atomic E-state index is 11.8. The predicted molar refractivity (Wildman–Crippen MR) is 73.4 cm³/mol. The lowest BCUT2D eigenvalue weighted by molar-refractivity contribution is -0.145. The van der Waals surface area contributed by atoms with Gasteiger partial charge in [-0.1, -0.05) is 0 Å². The molecular weight excluding hydrogens is 280 g/mol. The van der Waals surface area contributed by atoms with Gasteiger partial charge in [0.05, 0.1) is 18.4 Å². The number of carbonyl (C=O) groups is 2. The highest BCUT2D eigenvalue weighted by molar-refractivity contribution is 7.13. The van der Waals surface area contributed by atoms with Crippen molar-refractivity contribution in [3.8, 4) is 10.6 Å². The molecule has 106 valence electrons. The molecule has 0 aliphatic heterocycles. The third-order valence-corrected chi connectivity index (χ3v) is 3.59. The van der Waals surface area contributed by atoms with Crippen LogP contribution in [0.3, 0.4) is 0 Å². The van der Waals surface area contributed by atoms with Gasteiger partial charge in [0.15, 0.2) is 0 Å². The monoisotopic (exact) mass is 294 g/mol. The molecule has 0 aliphatic carbocycles. The summed E-state index contributed by atoms with van der Waals surface area (Å²) in [5.74, 6) is -1.45. The number of nitrogens with one attached hydrogen (secondary N) is 1. The Hall–Kier alpha value is -2.15. The van der Waals surface area contributed by atoms with Gasteiger partial charge >= 0.3 is 5.97 Å². The summed E-state index contributed by atoms with van der Waals surface area (Å²) in [6.45, 7) is 2.87. The summed E-state index contributed by atoms with van der Waals surface area (Å²) in [7, 11) is 0. The van der Waals surface area contributed by atoms with Gasteiger partial charge in [-0.3, -0.25) is 4.79 Å². The molecule has 2 rings (SSSR count). The first kappa shape index (κ1) is 14.3. The Kier molecular flexibility index (Phi) is 3.89. The average Bonchev–Trinajstić information content (AvgIpc) is 2.97. The van der Waals surface area contributed by atoms with E-state index in [1.54, 1.807) is 24.0 Å². The number of aromatic nitrogens is 1. The SMILES string of the molecule is CC(C)(NC(=O)Cc1csc(-c2ccoc2)n1)C(=O)O. The van der Waals surface area contributed by atoms with E-state index in [4.69, 9.17) is 9.52 Å². The van der Waals surface area contributed by atoms with Crippen LogP contribution in [0, 0.1) is 0 Å². The number of thiazole rings is 1. The Morgan fingerprint density at radius 2 is 2.25 bits per heavy atom. The third kappa shape index (κ3) is 3.24. The Balaban J connectivity index is 2.01. The molecule has 2 aromatic rings. The van der Waals surface area contributed by atoms with Gasteiger partial charge in [-0.15, -0.1) is 11.3 Å². The van der Waals surface area contributed by atoms with E-state index in [0.717, 1.165) is 10.6 Å². The van der Waals surface area contributed by atoms with E-state index in [0.29, 0.717) is 5.69 Å². The highest BCUT2D eigenvalue weighted by Gasteiger charge is 2.29. The number of carbonyl (C=O) groups excluding carboxylic acids is 1. The highest BCUT2D eigenvalue weighted by atomic mass is 32.1. The molecule has 2 aromatic heterocycles. The number of furan rings is 1. The van der Waals surface area contributed by atoms with Gasteiger partial charge in [0, 0.05) is 10.9 Å². The Morgan fingerprint density at radius 3 is 2.85 bits per heavy atom. The summed E-state index contributed by atoms with van der Waals surface area (Å²) in [4.78, 5) is 27.0. The number of nitrogens with zero attached hydrogens (tertiary/aromatic N) is 1. The fourth-order valence-electron chi connectivity index (χ4n) is 1.52. The van der Waals surface area contributed by atoms with Crippen molar-refractivity contribution >= 4 is 23.2 Å². The molecule has 0 aliphatic rings. The normalized spacial score (nSPS) is 11.3. The molecule has 0 aromatic carbocycles. The van der Waals surface area contributed by atoms with Gasteiger partial charge in [-0.25, -0.2) is 9.78 Å². The van der Waals surface area contributed by atoms with E-state index < -0.39 is 11.5 Å². The standard InChI is InChI=1S/C13H14N2O4S/c1-13(2,12(17)18)15-10(16)5-9-7-20-11(14-9)8-3-4-19-6-8/h3-4,6-7H,5H2,1-2H3,(H,15,16)(H,17,18). The second kappa shape index (κ2) is 5.46. The molecule has 0 atom stereocenters. The van der Waals surface area contributed by atoms with Crippen molar-refractivity contribution in [1.82, 2.24) is 10.3 Å². The molecule has 0 unspecified atom stereocenters.